The van der Waals surface area contributed by atoms with E-state index in [2.05, 4.69) is 5.32 Å². The number of carbonyl (C=O) groups is 1. The van der Waals surface area contributed by atoms with Gasteiger partial charge in [0.05, 0.1) is 0 Å². The molecule has 0 saturated carbocycles. The Kier molecular flexibility index (Phi) is 4.83. The number of ketones is 1. The molecule has 1 N–H and O–H groups in total. The maximum Gasteiger partial charge on any atom is 0.187 e. The van der Waals surface area contributed by atoms with Crippen molar-refractivity contribution in [3.63, 3.8) is 0 Å². The molecule has 0 heterocycles. The molecule has 0 fully saturated rings. The summed E-state index contributed by atoms with van der Waals surface area (Å²) in [6.07, 6.45) is 3.08. The van der Waals surface area contributed by atoms with Crippen LogP contribution in [0.4, 0.5) is 5.69 Å². The molecule has 0 spiro atoms. The van der Waals surface area contributed by atoms with Crippen LogP contribution in [-0.2, 0) is 0 Å². The molecule has 0 atom stereocenters. The summed E-state index contributed by atoms with van der Waals surface area (Å²) in [5, 5.41) is 4.31. The van der Waals surface area contributed by atoms with Crippen molar-refractivity contribution in [3.8, 4) is 0 Å². The van der Waals surface area contributed by atoms with Gasteiger partial charge < -0.3 is 5.32 Å². The molecule has 0 aliphatic rings. The number of hydrogen-bond donors (Lipinski definition) is 1. The summed E-state index contributed by atoms with van der Waals surface area (Å²) in [6, 6.07) is 12.3. The maximum atomic E-state index is 11.9. The second kappa shape index (κ2) is 6.60. The van der Waals surface area contributed by atoms with Crippen molar-refractivity contribution in [1.82, 2.24) is 0 Å². The number of nitrogens with one attached hydrogen (secondary N) is 1. The Balaban J connectivity index is 2.04. The van der Waals surface area contributed by atoms with E-state index < -0.39 is 0 Å². The molecule has 0 unspecified atom stereocenters. The third-order valence-corrected chi connectivity index (χ3v) is 3.29. The fourth-order valence-electron chi connectivity index (χ4n) is 1.67. The monoisotopic (exact) mass is 305 g/mol. The maximum absolute atomic E-state index is 11.9. The van der Waals surface area contributed by atoms with Gasteiger partial charge >= 0.3 is 0 Å². The summed E-state index contributed by atoms with van der Waals surface area (Å²) in [7, 11) is 0. The summed E-state index contributed by atoms with van der Waals surface area (Å²) in [4.78, 5) is 11.9. The van der Waals surface area contributed by atoms with E-state index in [-0.39, 0.29) is 5.78 Å². The van der Waals surface area contributed by atoms with Crippen LogP contribution in [0.15, 0.2) is 54.7 Å². The van der Waals surface area contributed by atoms with Gasteiger partial charge in [0.25, 0.3) is 0 Å². The number of aryl methyl sites for hydroxylation is 1. The number of hydrogen-bond acceptors (Lipinski definition) is 2. The number of carbonyl (C=O) groups excluding carboxylic acids is 1. The van der Waals surface area contributed by atoms with Crippen LogP contribution in [0.25, 0.3) is 0 Å². The number of allylic oxidation sites excluding steroid dienone is 1. The summed E-state index contributed by atoms with van der Waals surface area (Å²) in [5.74, 6) is -0.0890. The molecule has 0 aliphatic heterocycles. The lowest BCUT2D eigenvalue weighted by Crippen LogP contribution is -1.96. The van der Waals surface area contributed by atoms with Gasteiger partial charge in [-0.15, -0.1) is 0 Å². The quantitative estimate of drug-likeness (QED) is 0.628. The van der Waals surface area contributed by atoms with Gasteiger partial charge in [-0.25, -0.2) is 0 Å². The van der Waals surface area contributed by atoms with Crippen molar-refractivity contribution >= 4 is 34.7 Å². The van der Waals surface area contributed by atoms with Gasteiger partial charge in [0.15, 0.2) is 5.78 Å². The van der Waals surface area contributed by atoms with Gasteiger partial charge in [0, 0.05) is 33.6 Å². The number of anilines is 1. The fourth-order valence-corrected chi connectivity index (χ4v) is 1.97. The minimum absolute atomic E-state index is 0.0890. The zero-order valence-corrected chi connectivity index (χ0v) is 12.4. The van der Waals surface area contributed by atoms with Crippen LogP contribution in [0, 0.1) is 6.92 Å². The fraction of sp³-hybridized carbons (Fsp3) is 0.0625. The van der Waals surface area contributed by atoms with Crippen LogP contribution >= 0.6 is 23.2 Å². The van der Waals surface area contributed by atoms with Gasteiger partial charge in [-0.3, -0.25) is 4.79 Å². The first kappa shape index (κ1) is 14.6. The Morgan fingerprint density at radius 1 is 1.05 bits per heavy atom. The first-order valence-electron chi connectivity index (χ1n) is 6.05. The largest absolute Gasteiger partial charge is 0.361 e. The van der Waals surface area contributed by atoms with Gasteiger partial charge in [0.1, 0.15) is 0 Å². The highest BCUT2D eigenvalue weighted by Crippen LogP contribution is 2.20. The molecule has 2 aromatic carbocycles. The average Bonchev–Trinajstić information content (AvgIpc) is 2.43. The molecule has 0 bridgehead atoms. The zero-order chi connectivity index (χ0) is 14.5. The SMILES string of the molecule is Cc1ccc(Cl)cc1N/C=C\C(=O)c1ccc(Cl)cc1. The number of benzene rings is 2. The smallest absolute Gasteiger partial charge is 0.187 e. The molecule has 0 amide bonds. The highest BCUT2D eigenvalue weighted by atomic mass is 35.5. The first-order chi connectivity index (χ1) is 9.56. The first-order valence-corrected chi connectivity index (χ1v) is 6.81. The molecular weight excluding hydrogens is 293 g/mol. The summed E-state index contributed by atoms with van der Waals surface area (Å²) < 4.78 is 0. The Morgan fingerprint density at radius 3 is 2.40 bits per heavy atom. The van der Waals surface area contributed by atoms with E-state index in [0.29, 0.717) is 15.6 Å². The molecule has 102 valence electrons. The number of rotatable bonds is 4. The molecule has 4 heteroatoms. The van der Waals surface area contributed by atoms with Crippen LogP contribution < -0.4 is 5.32 Å². The minimum atomic E-state index is -0.0890. The summed E-state index contributed by atoms with van der Waals surface area (Å²) in [5.41, 5.74) is 2.52. The molecule has 2 aromatic rings. The van der Waals surface area contributed by atoms with E-state index in [4.69, 9.17) is 23.2 Å². The van der Waals surface area contributed by atoms with Gasteiger partial charge in [-0.1, -0.05) is 29.3 Å². The molecule has 2 nitrogen and oxygen atoms in total. The third-order valence-electron chi connectivity index (χ3n) is 2.80. The molecule has 0 aliphatic carbocycles. The second-order valence-electron chi connectivity index (χ2n) is 4.31. The highest BCUT2D eigenvalue weighted by Gasteiger charge is 2.01. The lowest BCUT2D eigenvalue weighted by atomic mass is 10.1. The standard InChI is InChI=1S/C16H13Cl2NO/c1-11-2-5-14(18)10-15(11)19-9-8-16(20)12-3-6-13(17)7-4-12/h2-10,19H,1H3/b9-8-. The predicted molar refractivity (Wildman–Crippen MR) is 84.7 cm³/mol. The predicted octanol–water partition coefficient (Wildman–Crippen LogP) is 5.11. The van der Waals surface area contributed by atoms with Crippen LogP contribution in [-0.4, -0.2) is 5.78 Å². The normalized spacial score (nSPS) is 10.8. The minimum Gasteiger partial charge on any atom is -0.361 e. The van der Waals surface area contributed by atoms with E-state index in [1.807, 2.05) is 25.1 Å². The summed E-state index contributed by atoms with van der Waals surface area (Å²) in [6.45, 7) is 1.97. The third kappa shape index (κ3) is 3.86. The lowest BCUT2D eigenvalue weighted by Gasteiger charge is -2.05. The van der Waals surface area contributed by atoms with E-state index in [1.165, 1.54) is 6.08 Å². The second-order valence-corrected chi connectivity index (χ2v) is 5.18. The van der Waals surface area contributed by atoms with Gasteiger partial charge in [-0.2, -0.15) is 0 Å². The molecule has 2 rings (SSSR count). The Bertz CT molecular complexity index is 648. The summed E-state index contributed by atoms with van der Waals surface area (Å²) >= 11 is 11.7. The molecular formula is C16H13Cl2NO. The van der Waals surface area contributed by atoms with Crippen LogP contribution in [0.3, 0.4) is 0 Å². The molecule has 0 radical (unpaired) electrons. The van der Waals surface area contributed by atoms with Crippen LogP contribution in [0.2, 0.25) is 10.0 Å². The Labute approximate surface area is 128 Å². The van der Waals surface area contributed by atoms with Crippen LogP contribution in [0.5, 0.6) is 0 Å². The van der Waals surface area contributed by atoms with E-state index >= 15 is 0 Å². The van der Waals surface area contributed by atoms with Crippen molar-refractivity contribution in [1.29, 1.82) is 0 Å². The van der Waals surface area contributed by atoms with E-state index in [9.17, 15) is 4.79 Å². The van der Waals surface area contributed by atoms with Crippen molar-refractivity contribution < 1.29 is 4.79 Å². The van der Waals surface area contributed by atoms with Crippen LogP contribution in [0.1, 0.15) is 15.9 Å². The van der Waals surface area contributed by atoms with E-state index in [1.54, 1.807) is 30.5 Å². The van der Waals surface area contributed by atoms with Crippen molar-refractivity contribution in [3.05, 3.63) is 75.9 Å². The van der Waals surface area contributed by atoms with Crippen molar-refractivity contribution in [2.75, 3.05) is 5.32 Å². The zero-order valence-electron chi connectivity index (χ0n) is 10.9. The van der Waals surface area contributed by atoms with Gasteiger partial charge in [-0.05, 0) is 48.9 Å². The molecule has 20 heavy (non-hydrogen) atoms. The van der Waals surface area contributed by atoms with Crippen molar-refractivity contribution in [2.24, 2.45) is 0 Å². The lowest BCUT2D eigenvalue weighted by molar-refractivity contribution is 0.104. The Morgan fingerprint density at radius 2 is 1.70 bits per heavy atom. The van der Waals surface area contributed by atoms with Gasteiger partial charge in [0.2, 0.25) is 0 Å². The molecule has 0 aromatic heterocycles. The molecule has 0 saturated heterocycles. The Hall–Kier alpha value is -1.77. The van der Waals surface area contributed by atoms with E-state index in [0.717, 1.165) is 11.3 Å². The average molecular weight is 306 g/mol. The number of halogens is 2. The van der Waals surface area contributed by atoms with Crippen molar-refractivity contribution in [2.45, 2.75) is 6.92 Å². The highest BCUT2D eigenvalue weighted by molar-refractivity contribution is 6.31. The topological polar surface area (TPSA) is 29.1 Å².